The Kier molecular flexibility index (Phi) is 3.20. The highest BCUT2D eigenvalue weighted by Gasteiger charge is 2.27. The van der Waals surface area contributed by atoms with E-state index in [1.165, 1.54) is 0 Å². The monoisotopic (exact) mass is 394 g/mol. The molecule has 2 N–H and O–H groups in total. The minimum Gasteiger partial charge on any atom is -0.340 e. The molecule has 1 unspecified atom stereocenters. The first-order valence-corrected chi connectivity index (χ1v) is 6.47. The van der Waals surface area contributed by atoms with Crippen molar-refractivity contribution < 1.29 is 9.59 Å². The molecule has 1 heterocycles. The summed E-state index contributed by atoms with van der Waals surface area (Å²) in [6, 6.07) is 3.11. The van der Waals surface area contributed by atoms with E-state index in [0.717, 1.165) is 3.57 Å². The molecular formula is C10H8BrIN2O2. The third kappa shape index (κ3) is 1.95. The van der Waals surface area contributed by atoms with Crippen LogP contribution in [-0.2, 0) is 4.79 Å². The Balaban J connectivity index is 2.64. The second-order valence-corrected chi connectivity index (χ2v) is 5.48. The van der Waals surface area contributed by atoms with Gasteiger partial charge in [0.1, 0.15) is 6.04 Å². The second kappa shape index (κ2) is 4.33. The number of fused-ring (bicyclic) bond motifs is 1. The zero-order valence-electron chi connectivity index (χ0n) is 8.30. The summed E-state index contributed by atoms with van der Waals surface area (Å²) in [6.07, 6.45) is 0. The normalized spacial score (nSPS) is 19.6. The highest BCUT2D eigenvalue weighted by molar-refractivity contribution is 14.1. The zero-order chi connectivity index (χ0) is 11.9. The van der Waals surface area contributed by atoms with Crippen molar-refractivity contribution in [2.45, 2.75) is 13.0 Å². The van der Waals surface area contributed by atoms with Gasteiger partial charge in [-0.1, -0.05) is 0 Å². The molecule has 0 saturated carbocycles. The molecule has 6 heteroatoms. The molecule has 1 aliphatic rings. The Morgan fingerprint density at radius 2 is 2.06 bits per heavy atom. The lowest BCUT2D eigenvalue weighted by atomic mass is 10.1. The second-order valence-electron chi connectivity index (χ2n) is 3.46. The van der Waals surface area contributed by atoms with E-state index in [1.54, 1.807) is 13.0 Å². The Bertz CT molecular complexity index is 490. The Labute approximate surface area is 114 Å². The number of benzene rings is 1. The fourth-order valence-electron chi connectivity index (χ4n) is 1.46. The van der Waals surface area contributed by atoms with Crippen molar-refractivity contribution in [3.8, 4) is 0 Å². The van der Waals surface area contributed by atoms with Crippen molar-refractivity contribution in [3.63, 3.8) is 0 Å². The third-order valence-corrected chi connectivity index (χ3v) is 3.88. The predicted molar refractivity (Wildman–Crippen MR) is 72.4 cm³/mol. The standard InChI is InChI=1S/C10H8BrIN2O2/c1-4-9(15)14-8-6(12)3-2-5(11)7(8)10(16)13-4/h2-4H,1H3,(H,13,16)(H,14,15). The molecule has 1 atom stereocenters. The molecule has 1 aromatic rings. The first kappa shape index (κ1) is 11.8. The van der Waals surface area contributed by atoms with E-state index in [2.05, 4.69) is 49.2 Å². The molecule has 0 fully saturated rings. The maximum atomic E-state index is 11.9. The summed E-state index contributed by atoms with van der Waals surface area (Å²) >= 11 is 5.40. The number of halogens is 2. The highest BCUT2D eigenvalue weighted by Crippen LogP contribution is 2.31. The predicted octanol–water partition coefficient (Wildman–Crippen LogP) is 2.12. The maximum absolute atomic E-state index is 11.9. The van der Waals surface area contributed by atoms with Crippen molar-refractivity contribution in [3.05, 3.63) is 25.7 Å². The first-order chi connectivity index (χ1) is 7.50. The average Bonchev–Trinajstić information content (AvgIpc) is 2.33. The lowest BCUT2D eigenvalue weighted by Gasteiger charge is -2.09. The average molecular weight is 395 g/mol. The summed E-state index contributed by atoms with van der Waals surface area (Å²) in [4.78, 5) is 23.5. The number of carbonyl (C=O) groups excluding carboxylic acids is 2. The van der Waals surface area contributed by atoms with Crippen LogP contribution in [0.15, 0.2) is 16.6 Å². The van der Waals surface area contributed by atoms with Gasteiger partial charge >= 0.3 is 0 Å². The lowest BCUT2D eigenvalue weighted by molar-refractivity contribution is -0.117. The van der Waals surface area contributed by atoms with Gasteiger partial charge in [-0.3, -0.25) is 9.59 Å². The molecule has 0 radical (unpaired) electrons. The minimum absolute atomic E-state index is 0.205. The zero-order valence-corrected chi connectivity index (χ0v) is 12.0. The van der Waals surface area contributed by atoms with E-state index in [4.69, 9.17) is 0 Å². The van der Waals surface area contributed by atoms with E-state index in [0.29, 0.717) is 15.7 Å². The molecule has 0 spiro atoms. The Hall–Kier alpha value is -0.630. The van der Waals surface area contributed by atoms with Crippen molar-refractivity contribution in [1.29, 1.82) is 0 Å². The van der Waals surface area contributed by atoms with Crippen LogP contribution in [0.1, 0.15) is 17.3 Å². The van der Waals surface area contributed by atoms with E-state index < -0.39 is 6.04 Å². The number of carbonyl (C=O) groups is 2. The maximum Gasteiger partial charge on any atom is 0.255 e. The number of hydrogen-bond acceptors (Lipinski definition) is 2. The van der Waals surface area contributed by atoms with Gasteiger partial charge in [-0.15, -0.1) is 0 Å². The molecular weight excluding hydrogens is 387 g/mol. The molecule has 4 nitrogen and oxygen atoms in total. The van der Waals surface area contributed by atoms with E-state index in [-0.39, 0.29) is 11.8 Å². The molecule has 84 valence electrons. The Morgan fingerprint density at radius 3 is 2.75 bits per heavy atom. The SMILES string of the molecule is CC1NC(=O)c2c(Br)ccc(I)c2NC1=O. The van der Waals surface area contributed by atoms with Crippen LogP contribution < -0.4 is 10.6 Å². The molecule has 0 aliphatic carbocycles. The quantitative estimate of drug-likeness (QED) is 0.662. The number of hydrogen-bond donors (Lipinski definition) is 2. The van der Waals surface area contributed by atoms with E-state index in [9.17, 15) is 9.59 Å². The van der Waals surface area contributed by atoms with Crippen LogP contribution in [0, 0.1) is 3.57 Å². The summed E-state index contributed by atoms with van der Waals surface area (Å²) < 4.78 is 1.52. The van der Waals surface area contributed by atoms with Gasteiger partial charge in [0.25, 0.3) is 5.91 Å². The molecule has 2 rings (SSSR count). The van der Waals surface area contributed by atoms with Crippen molar-refractivity contribution in [1.82, 2.24) is 5.32 Å². The number of amides is 2. The first-order valence-electron chi connectivity index (χ1n) is 4.60. The fraction of sp³-hybridized carbons (Fsp3) is 0.200. The molecule has 0 bridgehead atoms. The van der Waals surface area contributed by atoms with Crippen molar-refractivity contribution in [2.24, 2.45) is 0 Å². The minimum atomic E-state index is -0.525. The van der Waals surface area contributed by atoms with Crippen LogP contribution in [0.2, 0.25) is 0 Å². The summed E-state index contributed by atoms with van der Waals surface area (Å²) in [6.45, 7) is 1.65. The van der Waals surface area contributed by atoms with Crippen molar-refractivity contribution >= 4 is 56.0 Å². The number of nitrogens with one attached hydrogen (secondary N) is 2. The van der Waals surface area contributed by atoms with E-state index >= 15 is 0 Å². The lowest BCUT2D eigenvalue weighted by Crippen LogP contribution is -2.38. The summed E-state index contributed by atoms with van der Waals surface area (Å²) in [5.41, 5.74) is 1.05. The highest BCUT2D eigenvalue weighted by atomic mass is 127. The molecule has 1 aliphatic heterocycles. The number of anilines is 1. The fourth-order valence-corrected chi connectivity index (χ4v) is 2.56. The van der Waals surface area contributed by atoms with Crippen LogP contribution in [0.5, 0.6) is 0 Å². The molecule has 1 aromatic carbocycles. The van der Waals surface area contributed by atoms with Crippen LogP contribution in [0.25, 0.3) is 0 Å². The van der Waals surface area contributed by atoms with Crippen LogP contribution in [0.4, 0.5) is 5.69 Å². The summed E-state index contributed by atoms with van der Waals surface area (Å²) in [5, 5.41) is 5.38. The Morgan fingerprint density at radius 1 is 1.38 bits per heavy atom. The van der Waals surface area contributed by atoms with Gasteiger partial charge in [0.15, 0.2) is 0 Å². The van der Waals surface area contributed by atoms with Gasteiger partial charge in [-0.05, 0) is 57.6 Å². The summed E-state index contributed by atoms with van der Waals surface area (Å²) in [5.74, 6) is -0.450. The smallest absolute Gasteiger partial charge is 0.255 e. The molecule has 16 heavy (non-hydrogen) atoms. The van der Waals surface area contributed by atoms with Gasteiger partial charge < -0.3 is 10.6 Å². The van der Waals surface area contributed by atoms with Crippen LogP contribution >= 0.6 is 38.5 Å². The van der Waals surface area contributed by atoms with E-state index in [1.807, 2.05) is 6.07 Å². The topological polar surface area (TPSA) is 58.2 Å². The molecule has 2 amide bonds. The van der Waals surface area contributed by atoms with Crippen molar-refractivity contribution in [2.75, 3.05) is 5.32 Å². The van der Waals surface area contributed by atoms with Gasteiger partial charge in [-0.2, -0.15) is 0 Å². The van der Waals surface area contributed by atoms with Gasteiger partial charge in [0.2, 0.25) is 5.91 Å². The van der Waals surface area contributed by atoms with Gasteiger partial charge in [0.05, 0.1) is 11.3 Å². The molecule has 0 saturated heterocycles. The molecule has 0 aromatic heterocycles. The van der Waals surface area contributed by atoms with Gasteiger partial charge in [-0.25, -0.2) is 0 Å². The number of rotatable bonds is 0. The van der Waals surface area contributed by atoms with Gasteiger partial charge in [0, 0.05) is 8.04 Å². The third-order valence-electron chi connectivity index (χ3n) is 2.32. The summed E-state index contributed by atoms with van der Waals surface area (Å²) in [7, 11) is 0. The van der Waals surface area contributed by atoms with Crippen LogP contribution in [0.3, 0.4) is 0 Å². The largest absolute Gasteiger partial charge is 0.340 e. The van der Waals surface area contributed by atoms with Crippen LogP contribution in [-0.4, -0.2) is 17.9 Å².